The summed E-state index contributed by atoms with van der Waals surface area (Å²) in [6.45, 7) is 83.7. The first-order valence-corrected chi connectivity index (χ1v) is 47.7. The summed E-state index contributed by atoms with van der Waals surface area (Å²) in [5, 5.41) is 0. The van der Waals surface area contributed by atoms with Crippen molar-refractivity contribution >= 4 is 39.3 Å². The Kier molecular flexibility index (Phi) is 87.4. The van der Waals surface area contributed by atoms with Gasteiger partial charge in [-0.3, -0.25) is 0 Å². The van der Waals surface area contributed by atoms with Gasteiger partial charge in [-0.2, -0.15) is 0 Å². The first kappa shape index (κ1) is 126. The molecule has 0 aromatic carbocycles. The van der Waals surface area contributed by atoms with Crippen LogP contribution < -0.4 is 71.2 Å². The lowest BCUT2D eigenvalue weighted by Crippen LogP contribution is -3.00. The maximum absolute atomic E-state index is 2.97. The molecule has 0 unspecified atom stereocenters. The highest BCUT2D eigenvalue weighted by Gasteiger charge is 2.62. The lowest BCUT2D eigenvalue weighted by atomic mass is 10.4. The molecule has 0 heterocycles. The van der Waals surface area contributed by atoms with Crippen LogP contribution in [0.15, 0.2) is 0 Å². The monoisotopic (exact) mass is 1750 g/mol. The molecule has 0 bridgehead atoms. The van der Waals surface area contributed by atoms with E-state index in [1.54, 1.807) is 0 Å². The van der Waals surface area contributed by atoms with E-state index in [9.17, 15) is 0 Å². The van der Waals surface area contributed by atoms with Crippen molar-refractivity contribution in [3.8, 4) is 0 Å². The molecule has 0 radical (unpaired) electrons. The maximum atomic E-state index is 2.97. The van der Waals surface area contributed by atoms with Crippen LogP contribution in [0.2, 0.25) is 0 Å². The fourth-order valence-electron chi connectivity index (χ4n) is 15.9. The average Bonchev–Trinajstić information content (AvgIpc) is 0.762. The highest BCUT2D eigenvalue weighted by Crippen LogP contribution is 2.73. The molecule has 0 atom stereocenters. The number of halogens is 5. The minimum atomic E-state index is -1.74. The molecule has 632 valence electrons. The van der Waals surface area contributed by atoms with Gasteiger partial charge in [-0.15, -0.1) is 93.4 Å². The molecule has 0 aliphatic carbocycles. The van der Waals surface area contributed by atoms with Crippen LogP contribution in [-0.2, 0) is 0 Å². The lowest BCUT2D eigenvalue weighted by molar-refractivity contribution is -0.00100. The number of nitrogens with zero attached hydrogens (tertiary/aromatic N) is 20. The summed E-state index contributed by atoms with van der Waals surface area (Å²) in [4.78, 5) is 0. The second kappa shape index (κ2) is 70.8. The Labute approximate surface area is 686 Å². The molecule has 20 nitrogen and oxygen atoms in total. The molecule has 0 aromatic heterocycles. The zero-order valence-electron chi connectivity index (χ0n) is 75.7. The Hall–Kier alpha value is 3.18. The molecular weight excluding hydrogens is 1570 g/mol. The zero-order chi connectivity index (χ0) is 76.7. The van der Waals surface area contributed by atoms with E-state index < -0.39 is 39.3 Å². The first-order chi connectivity index (χ1) is 45.8. The van der Waals surface area contributed by atoms with E-state index in [0.29, 0.717) is 0 Å². The molecule has 0 aliphatic rings. The third-order valence-electron chi connectivity index (χ3n) is 18.5. The van der Waals surface area contributed by atoms with Crippen molar-refractivity contribution in [3.63, 3.8) is 0 Å². The summed E-state index contributed by atoms with van der Waals surface area (Å²) >= 11 is 0. The van der Waals surface area contributed by atoms with Gasteiger partial charge in [-0.25, -0.2) is 0 Å². The van der Waals surface area contributed by atoms with Gasteiger partial charge < -0.3 is 71.2 Å². The van der Waals surface area contributed by atoms with Crippen molar-refractivity contribution in [3.05, 3.63) is 0 Å². The largest absolute Gasteiger partial charge is 1.00 e. The van der Waals surface area contributed by atoms with Crippen LogP contribution in [0.25, 0.3) is 0 Å². The van der Waals surface area contributed by atoms with Crippen molar-refractivity contribution in [2.45, 2.75) is 218 Å². The molecule has 0 aliphatic heterocycles. The van der Waals surface area contributed by atoms with E-state index in [0.717, 1.165) is 105 Å². The van der Waals surface area contributed by atoms with E-state index in [4.69, 9.17) is 0 Å². The summed E-state index contributed by atoms with van der Waals surface area (Å²) in [5.41, 5.74) is 0. The highest BCUT2D eigenvalue weighted by molar-refractivity contribution is 7.68. The molecule has 30 heteroatoms. The molecule has 0 rings (SSSR count). The van der Waals surface area contributed by atoms with Gasteiger partial charge in [0.2, 0.25) is 0 Å². The summed E-state index contributed by atoms with van der Waals surface area (Å²) in [6.07, 6.45) is 9.94. The summed E-state index contributed by atoms with van der Waals surface area (Å²) in [6, 6.07) is 0. The third-order valence-corrected chi connectivity index (χ3v) is 42.4. The topological polar surface area (TPSA) is 64.8 Å². The Balaban J connectivity index is -0.000000132. The smallest absolute Gasteiger partial charge is 0.308 e. The van der Waals surface area contributed by atoms with Gasteiger partial charge in [0.25, 0.3) is 0 Å². The predicted octanol–water partition coefficient (Wildman–Crippen LogP) is 2.06. The SMILES string of the molecule is CCCN(CCC)[P+](N(CCC)CCC)(N(CCC)CCC)N(CCC)CCC.CCN(CC)[P+](N(CC)CC)(N(CC)CC)N(CC)CC.CCN(CC)[P+](N(CC)CC)(N(CC)CC)N(CC)CC.CN(C)[P+](N(C)C)(N(C)C)N(C)C.CN(C)[P+](N(C)C)(N(C)C)N(C)C.[Br-].[Br-].[Cl-].[Cl-].[Cl-]. The van der Waals surface area contributed by atoms with Crippen LogP contribution >= 0.6 is 39.3 Å². The summed E-state index contributed by atoms with van der Waals surface area (Å²) in [5.74, 6) is 0. The second-order valence-corrected chi connectivity index (χ2v) is 44.9. The Morgan fingerprint density at radius 1 is 0.137 bits per heavy atom. The number of hydrogen-bond donors (Lipinski definition) is 0. The van der Waals surface area contributed by atoms with Crippen molar-refractivity contribution in [1.29, 1.82) is 0 Å². The molecule has 0 saturated carbocycles. The molecule has 0 fully saturated rings. The van der Waals surface area contributed by atoms with E-state index in [1.165, 1.54) is 104 Å². The van der Waals surface area contributed by atoms with Crippen molar-refractivity contribution in [2.24, 2.45) is 0 Å². The quantitative estimate of drug-likeness (QED) is 0.0836. The van der Waals surface area contributed by atoms with Gasteiger partial charge in [0.1, 0.15) is 0 Å². The van der Waals surface area contributed by atoms with E-state index in [-0.39, 0.29) is 71.2 Å². The Morgan fingerprint density at radius 2 is 0.216 bits per heavy atom. The average molecular weight is 1750 g/mol. The van der Waals surface area contributed by atoms with Crippen molar-refractivity contribution < 1.29 is 71.2 Å². The van der Waals surface area contributed by atoms with Crippen molar-refractivity contribution in [1.82, 2.24) is 93.4 Å². The van der Waals surface area contributed by atoms with Gasteiger partial charge >= 0.3 is 39.3 Å². The minimum absolute atomic E-state index is 0. The normalized spacial score (nSPS) is 12.6. The molecule has 0 spiro atoms. The molecule has 0 saturated heterocycles. The minimum Gasteiger partial charge on any atom is -1.00 e. The fraction of sp³-hybridized carbons (Fsp3) is 1.00. The van der Waals surface area contributed by atoms with E-state index in [1.807, 2.05) is 0 Å². The standard InChI is InChI=1S/C24H56N4P.2C16H40N4P.2C8H24N4P.2BrH.3ClH/c1-9-17-25(18-10-2)29(26(19-11-3)20-12-4,27(21-13-5)22-14-6)28(23-15-7)24-16-8;2*1-9-17(10-2)21(18(11-3)12-4,19(13-5)14-6)20(15-7)16-8;2*1-9(2)13(10(3)4,11(5)6)12(7)8;;;;;/h9-24H2,1-8H3;2*9-16H2,1-8H3;2*1-8H3;5*1H/q5*+1;;;;;/p-5. The van der Waals surface area contributed by atoms with Crippen LogP contribution in [0, 0.1) is 0 Å². The Morgan fingerprint density at radius 3 is 0.265 bits per heavy atom. The van der Waals surface area contributed by atoms with E-state index in [2.05, 4.69) is 372 Å². The molecule has 0 aromatic rings. The number of rotatable bonds is 52. The first-order valence-electron chi connectivity index (χ1n) is 39.7. The molecule has 0 N–H and O–H groups in total. The van der Waals surface area contributed by atoms with Gasteiger partial charge in [0, 0.05) is 270 Å². The molecule has 0 amide bonds. The maximum Gasteiger partial charge on any atom is 0.308 e. The predicted molar refractivity (Wildman–Crippen MR) is 456 cm³/mol. The van der Waals surface area contributed by atoms with Gasteiger partial charge in [0.15, 0.2) is 0 Å². The summed E-state index contributed by atoms with van der Waals surface area (Å²) < 4.78 is 52.1. The van der Waals surface area contributed by atoms with Crippen molar-refractivity contribution in [2.75, 3.05) is 270 Å². The van der Waals surface area contributed by atoms with Gasteiger partial charge in [0.05, 0.1) is 0 Å². The molecular formula is C72H184Br2Cl3N20P5. The molecule has 102 heavy (non-hydrogen) atoms. The zero-order valence-corrected chi connectivity index (χ0v) is 85.6. The van der Waals surface area contributed by atoms with Crippen LogP contribution in [0.3, 0.4) is 0 Å². The highest BCUT2D eigenvalue weighted by atomic mass is 79.9. The number of hydrogen-bond acceptors (Lipinski definition) is 20. The summed E-state index contributed by atoms with van der Waals surface area (Å²) in [7, 11) is 26.3. The lowest BCUT2D eigenvalue weighted by Gasteiger charge is -2.51. The second-order valence-electron chi connectivity index (χ2n) is 26.4. The van der Waals surface area contributed by atoms with Crippen LogP contribution in [-0.4, -0.2) is 363 Å². The Bertz CT molecular complexity index is 1400. The van der Waals surface area contributed by atoms with Crippen LogP contribution in [0.1, 0.15) is 218 Å². The fourth-order valence-corrected chi connectivity index (χ4v) is 40.8. The van der Waals surface area contributed by atoms with E-state index >= 15 is 0 Å². The van der Waals surface area contributed by atoms with Gasteiger partial charge in [-0.1, -0.05) is 55.4 Å². The van der Waals surface area contributed by atoms with Crippen LogP contribution in [0.5, 0.6) is 0 Å². The van der Waals surface area contributed by atoms with Gasteiger partial charge in [-0.05, 0) is 162 Å². The third kappa shape index (κ3) is 33.6. The van der Waals surface area contributed by atoms with Crippen LogP contribution in [0.4, 0.5) is 0 Å².